The Hall–Kier alpha value is -1.52. The van der Waals surface area contributed by atoms with E-state index in [1.165, 1.54) is 18.1 Å². The minimum absolute atomic E-state index is 0.0719. The fourth-order valence-corrected chi connectivity index (χ4v) is 1.76. The molecule has 0 fully saturated rings. The first kappa shape index (κ1) is 16.5. The summed E-state index contributed by atoms with van der Waals surface area (Å²) in [5.74, 6) is -0.730. The van der Waals surface area contributed by atoms with Crippen LogP contribution in [0, 0.1) is 0 Å². The van der Waals surface area contributed by atoms with Gasteiger partial charge in [-0.3, -0.25) is 9.59 Å². The van der Waals surface area contributed by atoms with Crippen molar-refractivity contribution < 1.29 is 14.3 Å². The molecule has 20 heavy (non-hydrogen) atoms. The van der Waals surface area contributed by atoms with Gasteiger partial charge in [0.25, 0.3) is 0 Å². The number of carbonyl (C=O) groups is 2. The van der Waals surface area contributed by atoms with Crippen LogP contribution in [0.3, 0.4) is 0 Å². The van der Waals surface area contributed by atoms with E-state index in [0.717, 1.165) is 5.56 Å². The van der Waals surface area contributed by atoms with Crippen LogP contribution in [0.2, 0.25) is 10.0 Å². The molecular formula is C14H15Cl2NO3. The average molecular weight is 316 g/mol. The summed E-state index contributed by atoms with van der Waals surface area (Å²) in [7, 11) is 1.28. The Balaban J connectivity index is 2.74. The SMILES string of the molecule is CCN(CC(=O)OC)C(=O)C=Cc1ccc(Cl)c(Cl)c1. The number of nitrogens with zero attached hydrogens (tertiary/aromatic N) is 1. The number of likely N-dealkylation sites (N-methyl/N-ethyl adjacent to an activating group) is 1. The average Bonchev–Trinajstić information content (AvgIpc) is 2.45. The molecule has 0 aromatic heterocycles. The highest BCUT2D eigenvalue weighted by Crippen LogP contribution is 2.23. The lowest BCUT2D eigenvalue weighted by atomic mass is 10.2. The molecule has 0 spiro atoms. The molecule has 108 valence electrons. The number of esters is 1. The molecule has 0 unspecified atom stereocenters. The maximum absolute atomic E-state index is 11.9. The number of hydrogen-bond donors (Lipinski definition) is 0. The molecule has 0 saturated heterocycles. The molecular weight excluding hydrogens is 301 g/mol. The van der Waals surface area contributed by atoms with Crippen LogP contribution in [-0.4, -0.2) is 37.0 Å². The van der Waals surface area contributed by atoms with E-state index >= 15 is 0 Å². The van der Waals surface area contributed by atoms with Gasteiger partial charge in [0.15, 0.2) is 0 Å². The standard InChI is InChI=1S/C14H15Cl2NO3/c1-3-17(9-14(19)20-2)13(18)7-5-10-4-6-11(15)12(16)8-10/h4-8H,3,9H2,1-2H3. The van der Waals surface area contributed by atoms with Gasteiger partial charge in [-0.15, -0.1) is 0 Å². The van der Waals surface area contributed by atoms with Crippen LogP contribution in [0.25, 0.3) is 6.08 Å². The van der Waals surface area contributed by atoms with Crippen molar-refractivity contribution in [2.75, 3.05) is 20.2 Å². The van der Waals surface area contributed by atoms with Crippen molar-refractivity contribution in [3.8, 4) is 0 Å². The number of amides is 1. The molecule has 0 aliphatic heterocycles. The second-order valence-corrected chi connectivity index (χ2v) is 4.75. The summed E-state index contributed by atoms with van der Waals surface area (Å²) in [6.07, 6.45) is 3.00. The largest absolute Gasteiger partial charge is 0.468 e. The van der Waals surface area contributed by atoms with Gasteiger partial charge in [-0.05, 0) is 30.7 Å². The van der Waals surface area contributed by atoms with Gasteiger partial charge < -0.3 is 9.64 Å². The third-order valence-corrected chi connectivity index (χ3v) is 3.34. The second kappa shape index (κ2) is 7.92. The van der Waals surface area contributed by atoms with Crippen molar-refractivity contribution in [3.63, 3.8) is 0 Å². The Morgan fingerprint density at radius 2 is 2.00 bits per heavy atom. The molecule has 0 heterocycles. The maximum Gasteiger partial charge on any atom is 0.325 e. The van der Waals surface area contributed by atoms with Gasteiger partial charge in [0.2, 0.25) is 5.91 Å². The lowest BCUT2D eigenvalue weighted by Crippen LogP contribution is -2.34. The van der Waals surface area contributed by atoms with Crippen molar-refractivity contribution in [1.82, 2.24) is 4.90 Å². The van der Waals surface area contributed by atoms with E-state index in [4.69, 9.17) is 23.2 Å². The summed E-state index contributed by atoms with van der Waals surface area (Å²) in [5, 5.41) is 0.874. The Morgan fingerprint density at radius 3 is 2.55 bits per heavy atom. The summed E-state index contributed by atoms with van der Waals surface area (Å²) in [5.41, 5.74) is 0.752. The van der Waals surface area contributed by atoms with Crippen molar-refractivity contribution >= 4 is 41.2 Å². The van der Waals surface area contributed by atoms with E-state index in [1.807, 2.05) is 0 Å². The van der Waals surface area contributed by atoms with Gasteiger partial charge in [0.1, 0.15) is 6.54 Å². The zero-order valence-electron chi connectivity index (χ0n) is 11.2. The van der Waals surface area contributed by atoms with Crippen LogP contribution in [-0.2, 0) is 14.3 Å². The van der Waals surface area contributed by atoms with Crippen LogP contribution in [0.1, 0.15) is 12.5 Å². The van der Waals surface area contributed by atoms with Crippen LogP contribution in [0.5, 0.6) is 0 Å². The minimum Gasteiger partial charge on any atom is -0.468 e. The smallest absolute Gasteiger partial charge is 0.325 e. The molecule has 0 aliphatic rings. The van der Waals surface area contributed by atoms with Crippen molar-refractivity contribution in [2.45, 2.75) is 6.92 Å². The van der Waals surface area contributed by atoms with Crippen LogP contribution < -0.4 is 0 Å². The van der Waals surface area contributed by atoms with E-state index in [-0.39, 0.29) is 12.5 Å². The summed E-state index contributed by atoms with van der Waals surface area (Å²) in [6, 6.07) is 5.05. The number of benzene rings is 1. The van der Waals surface area contributed by atoms with E-state index in [1.54, 1.807) is 31.2 Å². The second-order valence-electron chi connectivity index (χ2n) is 3.94. The quantitative estimate of drug-likeness (QED) is 0.620. The van der Waals surface area contributed by atoms with Gasteiger partial charge in [0.05, 0.1) is 17.2 Å². The molecule has 0 N–H and O–H groups in total. The third-order valence-electron chi connectivity index (χ3n) is 2.60. The molecule has 1 amide bonds. The van der Waals surface area contributed by atoms with Gasteiger partial charge in [-0.2, -0.15) is 0 Å². The molecule has 1 aromatic rings. The molecule has 0 radical (unpaired) electrons. The Bertz CT molecular complexity index is 529. The molecule has 0 atom stereocenters. The summed E-state index contributed by atoms with van der Waals surface area (Å²) >= 11 is 11.7. The number of hydrogen-bond acceptors (Lipinski definition) is 3. The zero-order chi connectivity index (χ0) is 15.1. The van der Waals surface area contributed by atoms with E-state index in [2.05, 4.69) is 4.74 Å². The Labute approximate surface area is 127 Å². The Morgan fingerprint density at radius 1 is 1.30 bits per heavy atom. The van der Waals surface area contributed by atoms with Gasteiger partial charge in [-0.1, -0.05) is 29.3 Å². The normalized spacial score (nSPS) is 10.6. The Kier molecular flexibility index (Phi) is 6.55. The lowest BCUT2D eigenvalue weighted by Gasteiger charge is -2.17. The zero-order valence-corrected chi connectivity index (χ0v) is 12.7. The van der Waals surface area contributed by atoms with Crippen LogP contribution in [0.15, 0.2) is 24.3 Å². The predicted molar refractivity (Wildman–Crippen MR) is 79.8 cm³/mol. The lowest BCUT2D eigenvalue weighted by molar-refractivity contribution is -0.145. The highest BCUT2D eigenvalue weighted by atomic mass is 35.5. The molecule has 4 nitrogen and oxygen atoms in total. The van der Waals surface area contributed by atoms with Crippen molar-refractivity contribution in [2.24, 2.45) is 0 Å². The predicted octanol–water partition coefficient (Wildman–Crippen LogP) is 3.03. The fourth-order valence-electron chi connectivity index (χ4n) is 1.45. The van der Waals surface area contributed by atoms with Crippen molar-refractivity contribution in [1.29, 1.82) is 0 Å². The third kappa shape index (κ3) is 4.87. The number of halogens is 2. The topological polar surface area (TPSA) is 46.6 Å². The first-order chi connectivity index (χ1) is 9.47. The molecule has 0 aliphatic carbocycles. The van der Waals surface area contributed by atoms with Gasteiger partial charge >= 0.3 is 5.97 Å². The van der Waals surface area contributed by atoms with Gasteiger partial charge in [-0.25, -0.2) is 0 Å². The first-order valence-electron chi connectivity index (χ1n) is 5.96. The number of ether oxygens (including phenoxy) is 1. The van der Waals surface area contributed by atoms with E-state index < -0.39 is 5.97 Å². The molecule has 0 saturated carbocycles. The highest BCUT2D eigenvalue weighted by Gasteiger charge is 2.13. The summed E-state index contributed by atoms with van der Waals surface area (Å²) in [4.78, 5) is 24.5. The number of carbonyl (C=O) groups excluding carboxylic acids is 2. The number of rotatable bonds is 5. The maximum atomic E-state index is 11.9. The minimum atomic E-state index is -0.455. The molecule has 6 heteroatoms. The van der Waals surface area contributed by atoms with Crippen molar-refractivity contribution in [3.05, 3.63) is 39.9 Å². The molecule has 0 bridgehead atoms. The molecule has 1 aromatic carbocycles. The van der Waals surface area contributed by atoms with Crippen LogP contribution in [0.4, 0.5) is 0 Å². The monoisotopic (exact) mass is 315 g/mol. The summed E-state index contributed by atoms with van der Waals surface area (Å²) in [6.45, 7) is 2.13. The number of methoxy groups -OCH3 is 1. The van der Waals surface area contributed by atoms with E-state index in [9.17, 15) is 9.59 Å². The molecule has 1 rings (SSSR count). The van der Waals surface area contributed by atoms with Gasteiger partial charge in [0, 0.05) is 12.6 Å². The van der Waals surface area contributed by atoms with Crippen LogP contribution >= 0.6 is 23.2 Å². The highest BCUT2D eigenvalue weighted by molar-refractivity contribution is 6.42. The van der Waals surface area contributed by atoms with E-state index in [0.29, 0.717) is 16.6 Å². The fraction of sp³-hybridized carbons (Fsp3) is 0.286. The summed E-state index contributed by atoms with van der Waals surface area (Å²) < 4.78 is 4.54. The first-order valence-corrected chi connectivity index (χ1v) is 6.72.